The van der Waals surface area contributed by atoms with Gasteiger partial charge in [0, 0.05) is 0 Å². The molecule has 0 amide bonds. The molecule has 0 radical (unpaired) electrons. The average Bonchev–Trinajstić information content (AvgIpc) is 2.66. The van der Waals surface area contributed by atoms with Crippen molar-refractivity contribution in [3.63, 3.8) is 0 Å². The number of aryl methyl sites for hydroxylation is 1. The maximum atomic E-state index is 11.7. The standard InChI is InChI=1S/C14H17NO2S/c1-9-15-11-6-5-10(7-12(11)18-9)8-14(2,3)13(16)17-4/h5-7H,8H2,1-4H3. The first-order valence-corrected chi connectivity index (χ1v) is 6.68. The summed E-state index contributed by atoms with van der Waals surface area (Å²) in [6.07, 6.45) is 0.673. The van der Waals surface area contributed by atoms with Crippen LogP contribution in [0.25, 0.3) is 10.2 Å². The van der Waals surface area contributed by atoms with Crippen LogP contribution in [0.1, 0.15) is 24.4 Å². The molecule has 0 saturated heterocycles. The van der Waals surface area contributed by atoms with Gasteiger partial charge in [-0.2, -0.15) is 0 Å². The van der Waals surface area contributed by atoms with E-state index in [0.717, 1.165) is 16.1 Å². The van der Waals surface area contributed by atoms with Crippen LogP contribution >= 0.6 is 11.3 Å². The molecule has 3 nitrogen and oxygen atoms in total. The number of carbonyl (C=O) groups is 1. The van der Waals surface area contributed by atoms with Crippen LogP contribution in [-0.2, 0) is 16.0 Å². The Morgan fingerprint density at radius 1 is 1.44 bits per heavy atom. The minimum Gasteiger partial charge on any atom is -0.469 e. The first-order chi connectivity index (χ1) is 8.42. The molecule has 0 fully saturated rings. The molecular formula is C14H17NO2S. The number of hydrogen-bond donors (Lipinski definition) is 0. The number of carbonyl (C=O) groups excluding carboxylic acids is 1. The maximum absolute atomic E-state index is 11.7. The lowest BCUT2D eigenvalue weighted by atomic mass is 9.86. The zero-order chi connectivity index (χ0) is 13.3. The van der Waals surface area contributed by atoms with Crippen molar-refractivity contribution in [1.29, 1.82) is 0 Å². The second kappa shape index (κ2) is 4.69. The Kier molecular flexibility index (Phi) is 3.39. The summed E-state index contributed by atoms with van der Waals surface area (Å²) >= 11 is 1.68. The number of esters is 1. The lowest BCUT2D eigenvalue weighted by Gasteiger charge is -2.21. The molecule has 2 aromatic rings. The summed E-state index contributed by atoms with van der Waals surface area (Å²) in [6.45, 7) is 5.81. The SMILES string of the molecule is COC(=O)C(C)(C)Cc1ccc2nc(C)sc2c1. The molecule has 2 rings (SSSR count). The van der Waals surface area contributed by atoms with E-state index in [2.05, 4.69) is 11.1 Å². The Hall–Kier alpha value is -1.42. The van der Waals surface area contributed by atoms with Gasteiger partial charge in [-0.05, 0) is 44.9 Å². The van der Waals surface area contributed by atoms with Crippen LogP contribution in [0.5, 0.6) is 0 Å². The summed E-state index contributed by atoms with van der Waals surface area (Å²) in [5, 5.41) is 1.06. The minimum absolute atomic E-state index is 0.178. The molecule has 0 N–H and O–H groups in total. The minimum atomic E-state index is -0.498. The van der Waals surface area contributed by atoms with Crippen LogP contribution in [0.3, 0.4) is 0 Å². The topological polar surface area (TPSA) is 39.2 Å². The van der Waals surface area contributed by atoms with Crippen molar-refractivity contribution in [1.82, 2.24) is 4.98 Å². The Morgan fingerprint density at radius 3 is 2.83 bits per heavy atom. The first kappa shape index (κ1) is 13.0. The summed E-state index contributed by atoms with van der Waals surface area (Å²) in [4.78, 5) is 16.1. The van der Waals surface area contributed by atoms with E-state index in [9.17, 15) is 4.79 Å². The number of aromatic nitrogens is 1. The molecule has 0 aliphatic heterocycles. The molecule has 4 heteroatoms. The molecule has 1 aromatic heterocycles. The molecule has 1 heterocycles. The van der Waals surface area contributed by atoms with Crippen molar-refractivity contribution in [2.45, 2.75) is 27.2 Å². The van der Waals surface area contributed by atoms with E-state index in [1.165, 1.54) is 11.8 Å². The van der Waals surface area contributed by atoms with Gasteiger partial charge in [-0.3, -0.25) is 4.79 Å². The molecule has 0 unspecified atom stereocenters. The van der Waals surface area contributed by atoms with E-state index in [4.69, 9.17) is 4.74 Å². The Bertz CT molecular complexity index is 586. The Labute approximate surface area is 111 Å². The van der Waals surface area contributed by atoms with Crippen LogP contribution < -0.4 is 0 Å². The molecule has 0 spiro atoms. The molecule has 0 atom stereocenters. The van der Waals surface area contributed by atoms with E-state index < -0.39 is 5.41 Å². The molecule has 0 aliphatic rings. The highest BCUT2D eigenvalue weighted by Gasteiger charge is 2.28. The lowest BCUT2D eigenvalue weighted by Crippen LogP contribution is -2.27. The molecule has 96 valence electrons. The molecule has 18 heavy (non-hydrogen) atoms. The van der Waals surface area contributed by atoms with E-state index in [0.29, 0.717) is 6.42 Å². The van der Waals surface area contributed by atoms with Gasteiger partial charge >= 0.3 is 5.97 Å². The third-order valence-electron chi connectivity index (χ3n) is 2.94. The highest BCUT2D eigenvalue weighted by atomic mass is 32.1. The fourth-order valence-corrected chi connectivity index (χ4v) is 2.94. The van der Waals surface area contributed by atoms with Crippen molar-refractivity contribution in [2.24, 2.45) is 5.41 Å². The van der Waals surface area contributed by atoms with Gasteiger partial charge in [-0.15, -0.1) is 11.3 Å². The quantitative estimate of drug-likeness (QED) is 0.797. The second-order valence-electron chi connectivity index (χ2n) is 5.09. The van der Waals surface area contributed by atoms with Gasteiger partial charge in [0.1, 0.15) is 0 Å². The normalized spacial score (nSPS) is 11.8. The average molecular weight is 263 g/mol. The van der Waals surface area contributed by atoms with Crippen LogP contribution in [-0.4, -0.2) is 18.1 Å². The number of benzene rings is 1. The van der Waals surface area contributed by atoms with Gasteiger partial charge in [-0.25, -0.2) is 4.98 Å². The van der Waals surface area contributed by atoms with Gasteiger partial charge < -0.3 is 4.74 Å². The second-order valence-corrected chi connectivity index (χ2v) is 6.32. The van der Waals surface area contributed by atoms with Crippen LogP contribution in [0.4, 0.5) is 0 Å². The summed E-state index contributed by atoms with van der Waals surface area (Å²) in [7, 11) is 1.43. The van der Waals surface area contributed by atoms with E-state index in [1.807, 2.05) is 32.9 Å². The third kappa shape index (κ3) is 2.53. The van der Waals surface area contributed by atoms with Crippen LogP contribution in [0.15, 0.2) is 18.2 Å². The van der Waals surface area contributed by atoms with Gasteiger partial charge in [0.05, 0.1) is 27.7 Å². The highest BCUT2D eigenvalue weighted by molar-refractivity contribution is 7.18. The number of ether oxygens (including phenoxy) is 1. The van der Waals surface area contributed by atoms with Gasteiger partial charge in [-0.1, -0.05) is 6.07 Å². The van der Waals surface area contributed by atoms with Crippen LogP contribution in [0.2, 0.25) is 0 Å². The summed E-state index contributed by atoms with van der Waals surface area (Å²) in [6, 6.07) is 6.17. The highest BCUT2D eigenvalue weighted by Crippen LogP contribution is 2.27. The van der Waals surface area contributed by atoms with E-state index in [1.54, 1.807) is 11.3 Å². The van der Waals surface area contributed by atoms with E-state index >= 15 is 0 Å². The summed E-state index contributed by atoms with van der Waals surface area (Å²) in [5.74, 6) is -0.178. The monoisotopic (exact) mass is 263 g/mol. The number of thiazole rings is 1. The van der Waals surface area contributed by atoms with Crippen molar-refractivity contribution >= 4 is 27.5 Å². The van der Waals surface area contributed by atoms with Gasteiger partial charge in [0.25, 0.3) is 0 Å². The van der Waals surface area contributed by atoms with Gasteiger partial charge in [0.2, 0.25) is 0 Å². The zero-order valence-electron chi connectivity index (χ0n) is 11.1. The lowest BCUT2D eigenvalue weighted by molar-refractivity contribution is -0.150. The van der Waals surface area contributed by atoms with Crippen molar-refractivity contribution in [3.05, 3.63) is 28.8 Å². The summed E-state index contributed by atoms with van der Waals surface area (Å²) in [5.41, 5.74) is 1.67. The summed E-state index contributed by atoms with van der Waals surface area (Å²) < 4.78 is 6.00. The molecule has 0 saturated carbocycles. The molecule has 0 aliphatic carbocycles. The first-order valence-electron chi connectivity index (χ1n) is 5.87. The van der Waals surface area contributed by atoms with Crippen molar-refractivity contribution in [3.8, 4) is 0 Å². The molecule has 0 bridgehead atoms. The predicted molar refractivity (Wildman–Crippen MR) is 73.9 cm³/mol. The maximum Gasteiger partial charge on any atom is 0.311 e. The van der Waals surface area contributed by atoms with Crippen molar-refractivity contribution < 1.29 is 9.53 Å². The third-order valence-corrected chi connectivity index (χ3v) is 3.88. The Balaban J connectivity index is 2.29. The van der Waals surface area contributed by atoms with Crippen molar-refractivity contribution in [2.75, 3.05) is 7.11 Å². The zero-order valence-corrected chi connectivity index (χ0v) is 11.9. The van der Waals surface area contributed by atoms with Crippen LogP contribution in [0, 0.1) is 12.3 Å². The number of fused-ring (bicyclic) bond motifs is 1. The number of hydrogen-bond acceptors (Lipinski definition) is 4. The number of nitrogens with zero attached hydrogens (tertiary/aromatic N) is 1. The smallest absolute Gasteiger partial charge is 0.311 e. The fourth-order valence-electron chi connectivity index (χ4n) is 2.05. The fraction of sp³-hybridized carbons (Fsp3) is 0.429. The number of rotatable bonds is 3. The molecule has 1 aromatic carbocycles. The van der Waals surface area contributed by atoms with Gasteiger partial charge in [0.15, 0.2) is 0 Å². The Morgan fingerprint density at radius 2 is 2.17 bits per heavy atom. The predicted octanol–water partition coefficient (Wildman–Crippen LogP) is 3.35. The van der Waals surface area contributed by atoms with E-state index in [-0.39, 0.29) is 5.97 Å². The largest absolute Gasteiger partial charge is 0.469 e. The number of methoxy groups -OCH3 is 1. The molecular weight excluding hydrogens is 246 g/mol.